The van der Waals surface area contributed by atoms with E-state index in [0.717, 1.165) is 94.3 Å². The Hall–Kier alpha value is -7.62. The van der Waals surface area contributed by atoms with Crippen molar-refractivity contribution in [2.45, 2.75) is 0 Å². The van der Waals surface area contributed by atoms with Crippen molar-refractivity contribution in [1.82, 2.24) is 0 Å². The molecule has 0 atom stereocenters. The highest BCUT2D eigenvalue weighted by Gasteiger charge is 2.23. The van der Waals surface area contributed by atoms with E-state index in [-0.39, 0.29) is 0 Å². The van der Waals surface area contributed by atoms with E-state index in [4.69, 9.17) is 8.83 Å². The van der Waals surface area contributed by atoms with Crippen LogP contribution in [0.2, 0.25) is 0 Å². The fourth-order valence-corrected chi connectivity index (χ4v) is 8.43. The van der Waals surface area contributed by atoms with Gasteiger partial charge < -0.3 is 13.7 Å². The van der Waals surface area contributed by atoms with Crippen molar-refractivity contribution in [2.24, 2.45) is 0 Å². The fraction of sp³-hybridized carbons (Fsp3) is 0. The van der Waals surface area contributed by atoms with Crippen LogP contribution in [0.1, 0.15) is 0 Å². The van der Waals surface area contributed by atoms with Crippen molar-refractivity contribution in [1.29, 1.82) is 0 Å². The minimum absolute atomic E-state index is 0.865. The van der Waals surface area contributed by atoms with Crippen molar-refractivity contribution in [2.75, 3.05) is 4.90 Å². The first kappa shape index (κ1) is 32.8. The summed E-state index contributed by atoms with van der Waals surface area (Å²) < 4.78 is 12.6. The fourth-order valence-electron chi connectivity index (χ4n) is 8.43. The number of hydrogen-bond donors (Lipinski definition) is 0. The second-order valence-electron chi connectivity index (χ2n) is 14.4. The van der Waals surface area contributed by atoms with Crippen LogP contribution in [0, 0.1) is 0 Å². The Morgan fingerprint density at radius 1 is 0.281 bits per heavy atom. The molecule has 9 aromatic carbocycles. The maximum atomic E-state index is 6.32. The zero-order valence-corrected chi connectivity index (χ0v) is 31.0. The van der Waals surface area contributed by atoms with Crippen molar-refractivity contribution in [3.05, 3.63) is 212 Å². The molecule has 0 saturated heterocycles. The largest absolute Gasteiger partial charge is 0.456 e. The van der Waals surface area contributed by atoms with E-state index in [2.05, 4.69) is 193 Å². The number of nitrogens with zero attached hydrogens (tertiary/aromatic N) is 1. The Morgan fingerprint density at radius 3 is 1.54 bits per heavy atom. The summed E-state index contributed by atoms with van der Waals surface area (Å²) >= 11 is 0. The molecule has 0 radical (unpaired) electrons. The minimum Gasteiger partial charge on any atom is -0.456 e. The third kappa shape index (κ3) is 5.68. The van der Waals surface area contributed by atoms with Gasteiger partial charge in [0.05, 0.1) is 5.69 Å². The van der Waals surface area contributed by atoms with E-state index < -0.39 is 0 Å². The lowest BCUT2D eigenvalue weighted by molar-refractivity contribution is 0.668. The maximum absolute atomic E-state index is 6.32. The second kappa shape index (κ2) is 13.6. The van der Waals surface area contributed by atoms with Gasteiger partial charge in [-0.2, -0.15) is 0 Å². The molecule has 2 aromatic heterocycles. The Balaban J connectivity index is 1.14. The van der Waals surface area contributed by atoms with E-state index in [1.807, 2.05) is 24.3 Å². The Labute approximate surface area is 330 Å². The molecule has 0 N–H and O–H groups in total. The lowest BCUT2D eigenvalue weighted by atomic mass is 9.87. The molecule has 0 unspecified atom stereocenters. The molecule has 268 valence electrons. The van der Waals surface area contributed by atoms with Crippen LogP contribution in [0.3, 0.4) is 0 Å². The highest BCUT2D eigenvalue weighted by molar-refractivity contribution is 6.08. The summed E-state index contributed by atoms with van der Waals surface area (Å²) in [4.78, 5) is 2.40. The van der Waals surface area contributed by atoms with E-state index in [0.29, 0.717) is 0 Å². The van der Waals surface area contributed by atoms with Gasteiger partial charge in [-0.05, 0) is 99.6 Å². The third-order valence-electron chi connectivity index (χ3n) is 11.1. The van der Waals surface area contributed by atoms with Crippen LogP contribution in [-0.4, -0.2) is 0 Å². The maximum Gasteiger partial charge on any atom is 0.136 e. The molecule has 11 aromatic rings. The zero-order valence-electron chi connectivity index (χ0n) is 31.0. The van der Waals surface area contributed by atoms with Crippen molar-refractivity contribution < 1.29 is 8.83 Å². The molecule has 0 aliphatic rings. The molecule has 57 heavy (non-hydrogen) atoms. The lowest BCUT2D eigenvalue weighted by Gasteiger charge is -2.30. The molecular formula is C54H35NO2. The number of anilines is 3. The molecular weight excluding hydrogens is 695 g/mol. The van der Waals surface area contributed by atoms with Gasteiger partial charge in [0, 0.05) is 38.5 Å². The molecule has 2 heterocycles. The van der Waals surface area contributed by atoms with E-state index in [9.17, 15) is 0 Å². The molecule has 3 nitrogen and oxygen atoms in total. The zero-order chi connectivity index (χ0) is 37.7. The number of fused-ring (bicyclic) bond motifs is 6. The number of furan rings is 2. The Kier molecular flexibility index (Phi) is 7.82. The average Bonchev–Trinajstić information content (AvgIpc) is 3.85. The summed E-state index contributed by atoms with van der Waals surface area (Å²) in [6, 6.07) is 75.3. The predicted molar refractivity (Wildman–Crippen MR) is 237 cm³/mol. The smallest absolute Gasteiger partial charge is 0.136 e. The Bertz CT molecular complexity index is 3230. The minimum atomic E-state index is 0.865. The van der Waals surface area contributed by atoms with Crippen LogP contribution in [0.5, 0.6) is 0 Å². The molecule has 0 aliphatic heterocycles. The molecule has 0 saturated carbocycles. The van der Waals surface area contributed by atoms with E-state index >= 15 is 0 Å². The van der Waals surface area contributed by atoms with Gasteiger partial charge in [0.2, 0.25) is 0 Å². The van der Waals surface area contributed by atoms with Crippen LogP contribution in [0.25, 0.3) is 88.4 Å². The summed E-state index contributed by atoms with van der Waals surface area (Å²) in [7, 11) is 0. The first-order chi connectivity index (χ1) is 28.3. The number of para-hydroxylation sites is 2. The quantitative estimate of drug-likeness (QED) is 0.164. The van der Waals surface area contributed by atoms with Gasteiger partial charge in [-0.3, -0.25) is 0 Å². The number of hydrogen-bond acceptors (Lipinski definition) is 3. The van der Waals surface area contributed by atoms with E-state index in [1.165, 1.54) is 11.1 Å². The molecule has 0 bridgehead atoms. The van der Waals surface area contributed by atoms with Gasteiger partial charge in [0.15, 0.2) is 0 Å². The van der Waals surface area contributed by atoms with E-state index in [1.54, 1.807) is 0 Å². The normalized spacial score (nSPS) is 11.5. The monoisotopic (exact) mass is 729 g/mol. The van der Waals surface area contributed by atoms with Crippen molar-refractivity contribution >= 4 is 60.9 Å². The van der Waals surface area contributed by atoms with Gasteiger partial charge in [0.1, 0.15) is 22.3 Å². The second-order valence-corrected chi connectivity index (χ2v) is 14.4. The van der Waals surface area contributed by atoms with Gasteiger partial charge >= 0.3 is 0 Å². The first-order valence-electron chi connectivity index (χ1n) is 19.3. The van der Waals surface area contributed by atoms with Gasteiger partial charge in [-0.25, -0.2) is 0 Å². The molecule has 0 spiro atoms. The van der Waals surface area contributed by atoms with Crippen LogP contribution in [0.4, 0.5) is 17.1 Å². The van der Waals surface area contributed by atoms with Crippen molar-refractivity contribution in [3.8, 4) is 44.5 Å². The van der Waals surface area contributed by atoms with Crippen molar-refractivity contribution in [3.63, 3.8) is 0 Å². The van der Waals surface area contributed by atoms with Gasteiger partial charge in [-0.1, -0.05) is 152 Å². The summed E-state index contributed by atoms with van der Waals surface area (Å²) in [6.45, 7) is 0. The van der Waals surface area contributed by atoms with Gasteiger partial charge in [-0.15, -0.1) is 0 Å². The average molecular weight is 730 g/mol. The highest BCUT2D eigenvalue weighted by atomic mass is 16.3. The SMILES string of the molecule is c1ccc(-c2ccccc2-c2c(-c3ccccc3)cccc2N(c2ccc(-c3ccc4c(c3)oc3ccccc34)cc2)c2ccc3oc4ccccc4c3c2)cc1. The summed E-state index contributed by atoms with van der Waals surface area (Å²) in [5, 5.41) is 4.43. The standard InChI is InChI=1S/C54H35NO2/c1-3-14-37(15-4-1)42-18-7-8-21-47(42)54-43(38-16-5-2-6-17-38)22-13-23-49(54)55(41-31-33-52-48(35-41)45-20-10-12-25-51(45)56-52)40-29-26-36(27-30-40)39-28-32-46-44-19-9-11-24-50(44)57-53(46)34-39/h1-35H. The first-order valence-corrected chi connectivity index (χ1v) is 19.3. The van der Waals surface area contributed by atoms with Crippen LogP contribution >= 0.6 is 0 Å². The molecule has 0 amide bonds. The van der Waals surface area contributed by atoms with Crippen LogP contribution < -0.4 is 4.90 Å². The van der Waals surface area contributed by atoms with Crippen LogP contribution in [0.15, 0.2) is 221 Å². The predicted octanol–water partition coefficient (Wildman–Crippen LogP) is 15.6. The third-order valence-corrected chi connectivity index (χ3v) is 11.1. The molecule has 11 rings (SSSR count). The highest BCUT2D eigenvalue weighted by Crippen LogP contribution is 2.49. The number of rotatable bonds is 7. The topological polar surface area (TPSA) is 29.5 Å². The number of benzene rings is 9. The lowest BCUT2D eigenvalue weighted by Crippen LogP contribution is -2.12. The summed E-state index contributed by atoms with van der Waals surface area (Å²) in [6.07, 6.45) is 0. The van der Waals surface area contributed by atoms with Crippen LogP contribution in [-0.2, 0) is 0 Å². The summed E-state index contributed by atoms with van der Waals surface area (Å²) in [5.41, 5.74) is 15.9. The molecule has 0 aliphatic carbocycles. The molecule has 0 fully saturated rings. The molecule has 3 heteroatoms. The Morgan fingerprint density at radius 2 is 0.807 bits per heavy atom. The van der Waals surface area contributed by atoms with Gasteiger partial charge in [0.25, 0.3) is 0 Å². The summed E-state index contributed by atoms with van der Waals surface area (Å²) in [5.74, 6) is 0.